The second kappa shape index (κ2) is 3.20. The number of hydrogen-bond acceptors (Lipinski definition) is 3. The fourth-order valence-corrected chi connectivity index (χ4v) is 1.41. The molecule has 2 aromatic rings. The molecule has 0 fully saturated rings. The number of anilines is 1. The van der Waals surface area contributed by atoms with Gasteiger partial charge in [0.1, 0.15) is 11.6 Å². The van der Waals surface area contributed by atoms with Crippen LogP contribution in [0.25, 0.3) is 10.8 Å². The Morgan fingerprint density at radius 1 is 1.40 bits per heavy atom. The number of aromatic nitrogens is 1. The van der Waals surface area contributed by atoms with Crippen LogP contribution in [0.4, 0.5) is 10.2 Å². The van der Waals surface area contributed by atoms with Gasteiger partial charge in [-0.1, -0.05) is 0 Å². The number of carbonyl (C=O) groups is 1. The number of fused-ring (bicyclic) bond motifs is 1. The van der Waals surface area contributed by atoms with Crippen molar-refractivity contribution in [2.45, 2.75) is 0 Å². The highest BCUT2D eigenvalue weighted by molar-refractivity contribution is 6.04. The van der Waals surface area contributed by atoms with Crippen LogP contribution in [0.1, 0.15) is 10.4 Å². The van der Waals surface area contributed by atoms with Crippen LogP contribution in [-0.4, -0.2) is 16.1 Å². The Morgan fingerprint density at radius 3 is 2.80 bits per heavy atom. The Morgan fingerprint density at radius 2 is 2.13 bits per heavy atom. The van der Waals surface area contributed by atoms with Gasteiger partial charge in [0.25, 0.3) is 0 Å². The van der Waals surface area contributed by atoms with Crippen LogP contribution in [0, 0.1) is 5.82 Å². The molecule has 4 nitrogen and oxygen atoms in total. The lowest BCUT2D eigenvalue weighted by molar-refractivity contribution is 0.0698. The monoisotopic (exact) mass is 206 g/mol. The number of carboxylic acid groups (broad SMARTS) is 1. The molecule has 0 saturated heterocycles. The number of nitrogens with zero attached hydrogens (tertiary/aromatic N) is 1. The van der Waals surface area contributed by atoms with Crippen LogP contribution in [0.5, 0.6) is 0 Å². The molecule has 2 rings (SSSR count). The van der Waals surface area contributed by atoms with E-state index in [0.29, 0.717) is 10.8 Å². The fraction of sp³-hybridized carbons (Fsp3) is 0. The van der Waals surface area contributed by atoms with Gasteiger partial charge in [-0.3, -0.25) is 0 Å². The first kappa shape index (κ1) is 9.39. The zero-order valence-corrected chi connectivity index (χ0v) is 7.57. The van der Waals surface area contributed by atoms with Crippen LogP contribution < -0.4 is 5.73 Å². The van der Waals surface area contributed by atoms with E-state index in [0.717, 1.165) is 6.07 Å². The molecule has 1 aromatic carbocycles. The van der Waals surface area contributed by atoms with Crippen LogP contribution >= 0.6 is 0 Å². The molecule has 0 aliphatic carbocycles. The summed E-state index contributed by atoms with van der Waals surface area (Å²) in [5, 5.41) is 9.67. The number of benzene rings is 1. The molecular weight excluding hydrogens is 199 g/mol. The molecule has 76 valence electrons. The summed E-state index contributed by atoms with van der Waals surface area (Å²) < 4.78 is 13.0. The molecule has 0 aliphatic rings. The number of nitrogen functional groups attached to an aromatic ring is 1. The minimum Gasteiger partial charge on any atom is -0.478 e. The molecule has 0 amide bonds. The second-order valence-electron chi connectivity index (χ2n) is 3.09. The van der Waals surface area contributed by atoms with Crippen LogP contribution in [0.2, 0.25) is 0 Å². The summed E-state index contributed by atoms with van der Waals surface area (Å²) in [5.74, 6) is -1.59. The quantitative estimate of drug-likeness (QED) is 0.743. The lowest BCUT2D eigenvalue weighted by Crippen LogP contribution is -2.00. The van der Waals surface area contributed by atoms with Crippen molar-refractivity contribution < 1.29 is 14.3 Å². The molecule has 3 N–H and O–H groups in total. The van der Waals surface area contributed by atoms with Crippen molar-refractivity contribution in [3.05, 3.63) is 35.8 Å². The minimum atomic E-state index is -1.19. The molecule has 15 heavy (non-hydrogen) atoms. The molecule has 0 radical (unpaired) electrons. The van der Waals surface area contributed by atoms with Gasteiger partial charge >= 0.3 is 5.97 Å². The fourth-order valence-electron chi connectivity index (χ4n) is 1.41. The van der Waals surface area contributed by atoms with Crippen molar-refractivity contribution in [1.82, 2.24) is 4.98 Å². The Labute approximate surface area is 84.2 Å². The first-order valence-electron chi connectivity index (χ1n) is 4.16. The Hall–Kier alpha value is -2.17. The topological polar surface area (TPSA) is 76.2 Å². The molecule has 0 atom stereocenters. The maximum Gasteiger partial charge on any atom is 0.336 e. The molecular formula is C10H7FN2O2. The number of aromatic carboxylic acids is 1. The summed E-state index contributed by atoms with van der Waals surface area (Å²) in [5.41, 5.74) is 5.32. The third-order valence-corrected chi connectivity index (χ3v) is 2.05. The number of carboxylic acids is 1. The maximum absolute atomic E-state index is 13.0. The number of halogens is 1. The van der Waals surface area contributed by atoms with Crippen LogP contribution in [0.3, 0.4) is 0 Å². The Balaban J connectivity index is 2.87. The van der Waals surface area contributed by atoms with Crippen molar-refractivity contribution in [3.8, 4) is 0 Å². The maximum atomic E-state index is 13.0. The predicted octanol–water partition coefficient (Wildman–Crippen LogP) is 1.65. The van der Waals surface area contributed by atoms with Gasteiger partial charge in [0, 0.05) is 17.0 Å². The predicted molar refractivity (Wildman–Crippen MR) is 53.1 cm³/mol. The molecule has 1 heterocycles. The van der Waals surface area contributed by atoms with Gasteiger partial charge in [0.2, 0.25) is 0 Å². The van der Waals surface area contributed by atoms with E-state index < -0.39 is 11.8 Å². The molecule has 1 aromatic heterocycles. The van der Waals surface area contributed by atoms with E-state index in [4.69, 9.17) is 10.8 Å². The third kappa shape index (κ3) is 1.59. The zero-order valence-electron chi connectivity index (χ0n) is 7.57. The third-order valence-electron chi connectivity index (χ3n) is 2.05. The molecule has 5 heteroatoms. The summed E-state index contributed by atoms with van der Waals surface area (Å²) in [6, 6.07) is 3.59. The van der Waals surface area contributed by atoms with E-state index in [1.807, 2.05) is 0 Å². The van der Waals surface area contributed by atoms with Gasteiger partial charge in [0.15, 0.2) is 0 Å². The number of rotatable bonds is 1. The average molecular weight is 206 g/mol. The summed E-state index contributed by atoms with van der Waals surface area (Å²) in [7, 11) is 0. The zero-order chi connectivity index (χ0) is 11.0. The highest BCUT2D eigenvalue weighted by Crippen LogP contribution is 2.21. The normalized spacial score (nSPS) is 10.5. The van der Waals surface area contributed by atoms with Gasteiger partial charge in [-0.05, 0) is 18.2 Å². The summed E-state index contributed by atoms with van der Waals surface area (Å²) in [6.07, 6.45) is 1.35. The standard InChI is InChI=1S/C10H7FN2O2/c11-6-1-5-4-13-9(12)3-7(5)8(2-6)10(14)15/h1-4H,(H2,12,13)(H,14,15). The molecule has 0 aliphatic heterocycles. The van der Waals surface area contributed by atoms with Crippen molar-refractivity contribution in [2.24, 2.45) is 0 Å². The van der Waals surface area contributed by atoms with Gasteiger partial charge < -0.3 is 10.8 Å². The summed E-state index contributed by atoms with van der Waals surface area (Å²) in [6.45, 7) is 0. The summed E-state index contributed by atoms with van der Waals surface area (Å²) >= 11 is 0. The van der Waals surface area contributed by atoms with Crippen molar-refractivity contribution in [3.63, 3.8) is 0 Å². The molecule has 0 bridgehead atoms. The van der Waals surface area contributed by atoms with E-state index in [-0.39, 0.29) is 11.4 Å². The Kier molecular flexibility index (Phi) is 2.00. The van der Waals surface area contributed by atoms with Gasteiger partial charge in [-0.25, -0.2) is 14.2 Å². The van der Waals surface area contributed by atoms with E-state index >= 15 is 0 Å². The first-order chi connectivity index (χ1) is 7.08. The van der Waals surface area contributed by atoms with Gasteiger partial charge in [-0.2, -0.15) is 0 Å². The van der Waals surface area contributed by atoms with Crippen LogP contribution in [-0.2, 0) is 0 Å². The number of pyridine rings is 1. The molecule has 0 unspecified atom stereocenters. The van der Waals surface area contributed by atoms with Gasteiger partial charge in [0.05, 0.1) is 5.56 Å². The SMILES string of the molecule is Nc1cc2c(C(=O)O)cc(F)cc2cn1. The highest BCUT2D eigenvalue weighted by Gasteiger charge is 2.11. The lowest BCUT2D eigenvalue weighted by atomic mass is 10.1. The van der Waals surface area contributed by atoms with Crippen LogP contribution in [0.15, 0.2) is 24.4 Å². The molecule has 0 spiro atoms. The largest absolute Gasteiger partial charge is 0.478 e. The molecule has 0 saturated carbocycles. The number of nitrogens with two attached hydrogens (primary N) is 1. The van der Waals surface area contributed by atoms with E-state index in [1.54, 1.807) is 0 Å². The second-order valence-corrected chi connectivity index (χ2v) is 3.09. The van der Waals surface area contributed by atoms with E-state index in [2.05, 4.69) is 4.98 Å². The van der Waals surface area contributed by atoms with Crippen molar-refractivity contribution >= 4 is 22.6 Å². The van der Waals surface area contributed by atoms with Crippen molar-refractivity contribution in [1.29, 1.82) is 0 Å². The lowest BCUT2D eigenvalue weighted by Gasteiger charge is -2.03. The van der Waals surface area contributed by atoms with Crippen molar-refractivity contribution in [2.75, 3.05) is 5.73 Å². The average Bonchev–Trinajstić information content (AvgIpc) is 2.17. The van der Waals surface area contributed by atoms with E-state index in [9.17, 15) is 9.18 Å². The Bertz CT molecular complexity index is 554. The van der Waals surface area contributed by atoms with Gasteiger partial charge in [-0.15, -0.1) is 0 Å². The van der Waals surface area contributed by atoms with E-state index in [1.165, 1.54) is 18.3 Å². The first-order valence-corrected chi connectivity index (χ1v) is 4.16. The minimum absolute atomic E-state index is 0.112. The highest BCUT2D eigenvalue weighted by atomic mass is 19.1. The smallest absolute Gasteiger partial charge is 0.336 e. The number of hydrogen-bond donors (Lipinski definition) is 2. The summed E-state index contributed by atoms with van der Waals surface area (Å²) in [4.78, 5) is 14.6.